The molecule has 19 heavy (non-hydrogen) atoms. The largest absolute Gasteiger partial charge is 0.481 e. The highest BCUT2D eigenvalue weighted by Crippen LogP contribution is 2.13. The van der Waals surface area contributed by atoms with Crippen LogP contribution in [0.15, 0.2) is 18.2 Å². The molecule has 6 heteroatoms. The Hall–Kier alpha value is -1.95. The molecule has 1 atom stereocenters. The van der Waals surface area contributed by atoms with Crippen molar-refractivity contribution in [3.05, 3.63) is 35.1 Å². The number of carboxylic acids is 1. The number of nitrogens with one attached hydrogen (secondary N) is 1. The summed E-state index contributed by atoms with van der Waals surface area (Å²) in [6.07, 6.45) is -0.510. The first-order valence-corrected chi connectivity index (χ1v) is 5.70. The van der Waals surface area contributed by atoms with Gasteiger partial charge in [-0.1, -0.05) is 12.1 Å². The zero-order chi connectivity index (χ0) is 14.6. The van der Waals surface area contributed by atoms with Gasteiger partial charge in [-0.15, -0.1) is 0 Å². The molecule has 0 radical (unpaired) electrons. The molecule has 0 saturated carbocycles. The normalized spacial score (nSPS) is 13.7. The Morgan fingerprint density at radius 1 is 1.42 bits per heavy atom. The number of rotatable bonds is 5. The summed E-state index contributed by atoms with van der Waals surface area (Å²) >= 11 is 0. The number of amides is 1. The van der Waals surface area contributed by atoms with Crippen LogP contribution in [0.4, 0.5) is 4.39 Å². The minimum absolute atomic E-state index is 0.133. The number of carbonyl (C=O) groups excluding carboxylic acids is 1. The maximum Gasteiger partial charge on any atom is 0.306 e. The van der Waals surface area contributed by atoms with Crippen LogP contribution in [0, 0.1) is 12.7 Å². The summed E-state index contributed by atoms with van der Waals surface area (Å²) in [6, 6.07) is 4.40. The van der Waals surface area contributed by atoms with Gasteiger partial charge in [0.1, 0.15) is 5.82 Å². The third kappa shape index (κ3) is 4.33. The van der Waals surface area contributed by atoms with Crippen LogP contribution in [-0.4, -0.2) is 34.2 Å². The van der Waals surface area contributed by atoms with E-state index in [0.717, 1.165) is 0 Å². The van der Waals surface area contributed by atoms with Crippen LogP contribution in [0.1, 0.15) is 29.3 Å². The lowest BCUT2D eigenvalue weighted by Gasteiger charge is -2.21. The number of aliphatic carboxylic acids is 1. The standard InChI is InChI=1S/C13H16FNO4/c1-8-4-3-5-9(11(8)14)12(18)15-7-13(2,19)6-10(16)17/h3-5,19H,6-7H2,1-2H3,(H,15,18)(H,16,17). The van der Waals surface area contributed by atoms with Crippen LogP contribution in [-0.2, 0) is 4.79 Å². The zero-order valence-electron chi connectivity index (χ0n) is 10.7. The second-order valence-electron chi connectivity index (χ2n) is 4.69. The molecule has 0 spiro atoms. The van der Waals surface area contributed by atoms with Crippen molar-refractivity contribution in [3.63, 3.8) is 0 Å². The summed E-state index contributed by atoms with van der Waals surface area (Å²) in [4.78, 5) is 22.2. The molecule has 0 aliphatic rings. The van der Waals surface area contributed by atoms with Gasteiger partial charge in [0.05, 0.1) is 17.6 Å². The van der Waals surface area contributed by atoms with Crippen LogP contribution < -0.4 is 5.32 Å². The Morgan fingerprint density at radius 3 is 2.63 bits per heavy atom. The average molecular weight is 269 g/mol. The number of halogens is 1. The van der Waals surface area contributed by atoms with E-state index in [-0.39, 0.29) is 12.1 Å². The predicted molar refractivity (Wildman–Crippen MR) is 66.3 cm³/mol. The molecule has 3 N–H and O–H groups in total. The Bertz CT molecular complexity index is 499. The lowest BCUT2D eigenvalue weighted by molar-refractivity contribution is -0.141. The maximum absolute atomic E-state index is 13.7. The van der Waals surface area contributed by atoms with Crippen molar-refractivity contribution >= 4 is 11.9 Å². The van der Waals surface area contributed by atoms with E-state index in [1.165, 1.54) is 26.0 Å². The average Bonchev–Trinajstić information content (AvgIpc) is 2.28. The minimum atomic E-state index is -1.58. The third-order valence-corrected chi connectivity index (χ3v) is 2.60. The first kappa shape index (κ1) is 15.1. The summed E-state index contributed by atoms with van der Waals surface area (Å²) in [6.45, 7) is 2.55. The molecule has 0 aliphatic carbocycles. The van der Waals surface area contributed by atoms with E-state index in [1.54, 1.807) is 6.07 Å². The number of hydrogen-bond donors (Lipinski definition) is 3. The second-order valence-corrected chi connectivity index (χ2v) is 4.69. The van der Waals surface area contributed by atoms with Crippen molar-refractivity contribution in [1.29, 1.82) is 0 Å². The summed E-state index contributed by atoms with van der Waals surface area (Å²) < 4.78 is 13.7. The van der Waals surface area contributed by atoms with Gasteiger partial charge >= 0.3 is 5.97 Å². The number of carboxylic acid groups (broad SMARTS) is 1. The Kier molecular flexibility index (Phi) is 4.61. The molecule has 5 nitrogen and oxygen atoms in total. The number of carbonyl (C=O) groups is 2. The molecule has 1 amide bonds. The molecular weight excluding hydrogens is 253 g/mol. The molecule has 0 aromatic heterocycles. The molecular formula is C13H16FNO4. The van der Waals surface area contributed by atoms with Crippen LogP contribution >= 0.6 is 0 Å². The number of aryl methyl sites for hydroxylation is 1. The Labute approximate surface area is 110 Å². The lowest BCUT2D eigenvalue weighted by atomic mass is 10.0. The van der Waals surface area contributed by atoms with E-state index in [1.807, 2.05) is 0 Å². The van der Waals surface area contributed by atoms with E-state index in [0.29, 0.717) is 5.56 Å². The fourth-order valence-corrected chi connectivity index (χ4v) is 1.58. The van der Waals surface area contributed by atoms with Crippen molar-refractivity contribution in [2.75, 3.05) is 6.54 Å². The van der Waals surface area contributed by atoms with Crippen LogP contribution in [0.3, 0.4) is 0 Å². The van der Waals surface area contributed by atoms with E-state index in [4.69, 9.17) is 5.11 Å². The topological polar surface area (TPSA) is 86.6 Å². The summed E-state index contributed by atoms with van der Waals surface area (Å²) in [5.41, 5.74) is -1.38. The molecule has 0 bridgehead atoms. The van der Waals surface area contributed by atoms with Crippen LogP contribution in [0.5, 0.6) is 0 Å². The van der Waals surface area contributed by atoms with Gasteiger partial charge in [-0.3, -0.25) is 9.59 Å². The highest BCUT2D eigenvalue weighted by atomic mass is 19.1. The van der Waals surface area contributed by atoms with Crippen LogP contribution in [0.25, 0.3) is 0 Å². The van der Waals surface area contributed by atoms with Crippen molar-refractivity contribution < 1.29 is 24.2 Å². The van der Waals surface area contributed by atoms with Crippen LogP contribution in [0.2, 0.25) is 0 Å². The van der Waals surface area contributed by atoms with Gasteiger partial charge in [0, 0.05) is 6.54 Å². The quantitative estimate of drug-likeness (QED) is 0.746. The van der Waals surface area contributed by atoms with Gasteiger partial charge < -0.3 is 15.5 Å². The lowest BCUT2D eigenvalue weighted by Crippen LogP contribution is -2.42. The Morgan fingerprint density at radius 2 is 2.05 bits per heavy atom. The summed E-state index contributed by atoms with van der Waals surface area (Å²) in [5.74, 6) is -2.49. The van der Waals surface area contributed by atoms with Crippen molar-refractivity contribution in [1.82, 2.24) is 5.32 Å². The smallest absolute Gasteiger partial charge is 0.306 e. The van der Waals surface area contributed by atoms with Gasteiger partial charge in [-0.05, 0) is 25.5 Å². The SMILES string of the molecule is Cc1cccc(C(=O)NCC(C)(O)CC(=O)O)c1F. The molecule has 0 heterocycles. The highest BCUT2D eigenvalue weighted by Gasteiger charge is 2.25. The van der Waals surface area contributed by atoms with Crippen molar-refractivity contribution in [2.45, 2.75) is 25.9 Å². The molecule has 0 saturated heterocycles. The van der Waals surface area contributed by atoms with Gasteiger partial charge in [-0.2, -0.15) is 0 Å². The van der Waals surface area contributed by atoms with Gasteiger partial charge in [0.2, 0.25) is 0 Å². The highest BCUT2D eigenvalue weighted by molar-refractivity contribution is 5.94. The van der Waals surface area contributed by atoms with Gasteiger partial charge in [-0.25, -0.2) is 4.39 Å². The number of aliphatic hydroxyl groups is 1. The monoisotopic (exact) mass is 269 g/mol. The minimum Gasteiger partial charge on any atom is -0.481 e. The molecule has 0 fully saturated rings. The third-order valence-electron chi connectivity index (χ3n) is 2.60. The molecule has 104 valence electrons. The number of benzene rings is 1. The fourth-order valence-electron chi connectivity index (χ4n) is 1.58. The van der Waals surface area contributed by atoms with E-state index in [9.17, 15) is 19.1 Å². The van der Waals surface area contributed by atoms with Crippen molar-refractivity contribution in [3.8, 4) is 0 Å². The molecule has 1 unspecified atom stereocenters. The summed E-state index contributed by atoms with van der Waals surface area (Å²) in [7, 11) is 0. The Balaban J connectivity index is 2.71. The number of hydrogen-bond acceptors (Lipinski definition) is 3. The fraction of sp³-hybridized carbons (Fsp3) is 0.385. The van der Waals surface area contributed by atoms with Gasteiger partial charge in [0.15, 0.2) is 0 Å². The molecule has 1 aromatic carbocycles. The first-order chi connectivity index (χ1) is 8.73. The zero-order valence-corrected chi connectivity index (χ0v) is 10.7. The summed E-state index contributed by atoms with van der Waals surface area (Å²) in [5, 5.41) is 20.6. The van der Waals surface area contributed by atoms with Gasteiger partial charge in [0.25, 0.3) is 5.91 Å². The molecule has 1 aromatic rings. The molecule has 1 rings (SSSR count). The van der Waals surface area contributed by atoms with E-state index >= 15 is 0 Å². The first-order valence-electron chi connectivity index (χ1n) is 5.70. The van der Waals surface area contributed by atoms with E-state index in [2.05, 4.69) is 5.32 Å². The van der Waals surface area contributed by atoms with E-state index < -0.39 is 29.7 Å². The molecule has 0 aliphatic heterocycles. The second kappa shape index (κ2) is 5.79. The predicted octanol–water partition coefficient (Wildman–Crippen LogP) is 1.09. The van der Waals surface area contributed by atoms with Crippen molar-refractivity contribution in [2.24, 2.45) is 0 Å². The maximum atomic E-state index is 13.7.